The van der Waals surface area contributed by atoms with E-state index in [9.17, 15) is 0 Å². The highest BCUT2D eigenvalue weighted by Gasteiger charge is 2.13. The number of halogens is 2. The van der Waals surface area contributed by atoms with Crippen LogP contribution < -0.4 is 14.8 Å². The van der Waals surface area contributed by atoms with Gasteiger partial charge in [0.25, 0.3) is 0 Å². The first-order valence-corrected chi connectivity index (χ1v) is 10.7. The van der Waals surface area contributed by atoms with Crippen LogP contribution in [0.2, 0.25) is 0 Å². The minimum Gasteiger partial charge on any atom is -0.490 e. The molecule has 0 saturated heterocycles. The third kappa shape index (κ3) is 7.05. The molecule has 0 saturated carbocycles. The van der Waals surface area contributed by atoms with Gasteiger partial charge in [0.1, 0.15) is 6.61 Å². The zero-order valence-electron chi connectivity index (χ0n) is 17.7. The van der Waals surface area contributed by atoms with Gasteiger partial charge in [0.2, 0.25) is 0 Å². The molecular weight excluding hydrogens is 462 g/mol. The molecule has 0 unspecified atom stereocenters. The highest BCUT2D eigenvalue weighted by Crippen LogP contribution is 2.37. The monoisotopic (exact) mass is 489 g/mol. The number of ether oxygens (including phenoxy) is 2. The first-order chi connectivity index (χ1) is 14.0. The van der Waals surface area contributed by atoms with E-state index in [0.717, 1.165) is 40.2 Å². The summed E-state index contributed by atoms with van der Waals surface area (Å²) in [4.78, 5) is 0. The molecule has 0 aliphatic rings. The van der Waals surface area contributed by atoms with Crippen LogP contribution in [0.5, 0.6) is 11.5 Å². The molecule has 0 aliphatic heterocycles. The maximum absolute atomic E-state index is 6.09. The van der Waals surface area contributed by atoms with Crippen molar-refractivity contribution in [2.75, 3.05) is 6.61 Å². The SMILES string of the molecule is CCOc1cc(CNCc2ccc(C)cc2)cc(Br)c1OCc1ccc(C)cc1.Cl. The van der Waals surface area contributed by atoms with Crippen LogP contribution in [0.4, 0.5) is 0 Å². The maximum Gasteiger partial charge on any atom is 0.175 e. The molecule has 3 aromatic carbocycles. The Morgan fingerprint density at radius 3 is 1.93 bits per heavy atom. The Labute approximate surface area is 194 Å². The van der Waals surface area contributed by atoms with Crippen molar-refractivity contribution in [1.82, 2.24) is 5.32 Å². The Hall–Kier alpha value is -2.01. The molecule has 0 atom stereocenters. The van der Waals surface area contributed by atoms with Crippen molar-refractivity contribution in [2.45, 2.75) is 40.5 Å². The molecule has 0 amide bonds. The quantitative estimate of drug-likeness (QED) is 0.360. The largest absolute Gasteiger partial charge is 0.490 e. The van der Waals surface area contributed by atoms with Gasteiger partial charge in [0.05, 0.1) is 11.1 Å². The van der Waals surface area contributed by atoms with Crippen LogP contribution in [-0.4, -0.2) is 6.61 Å². The van der Waals surface area contributed by atoms with E-state index >= 15 is 0 Å². The van der Waals surface area contributed by atoms with Crippen molar-refractivity contribution < 1.29 is 9.47 Å². The van der Waals surface area contributed by atoms with Gasteiger partial charge in [-0.3, -0.25) is 0 Å². The molecule has 0 spiro atoms. The van der Waals surface area contributed by atoms with Crippen molar-refractivity contribution in [2.24, 2.45) is 0 Å². The number of nitrogens with one attached hydrogen (secondary N) is 1. The smallest absolute Gasteiger partial charge is 0.175 e. The summed E-state index contributed by atoms with van der Waals surface area (Å²) >= 11 is 3.67. The molecule has 3 aromatic rings. The predicted molar refractivity (Wildman–Crippen MR) is 130 cm³/mol. The van der Waals surface area contributed by atoms with Gasteiger partial charge in [0, 0.05) is 13.1 Å². The fraction of sp³-hybridized carbons (Fsp3) is 0.280. The number of hydrogen-bond donors (Lipinski definition) is 1. The molecule has 0 fully saturated rings. The van der Waals surface area contributed by atoms with Crippen molar-refractivity contribution in [3.63, 3.8) is 0 Å². The van der Waals surface area contributed by atoms with Gasteiger partial charge in [-0.05, 0) is 65.5 Å². The van der Waals surface area contributed by atoms with Gasteiger partial charge < -0.3 is 14.8 Å². The summed E-state index contributed by atoms with van der Waals surface area (Å²) in [5.41, 5.74) is 6.08. The maximum atomic E-state index is 6.09. The first-order valence-electron chi connectivity index (χ1n) is 9.95. The molecule has 160 valence electrons. The van der Waals surface area contributed by atoms with Gasteiger partial charge in [0.15, 0.2) is 11.5 Å². The standard InChI is InChI=1S/C25H28BrNO2.ClH/c1-4-28-24-14-22(16-27-15-20-9-5-18(2)6-10-20)13-23(26)25(24)29-17-21-11-7-19(3)8-12-21;/h5-14,27H,4,15-17H2,1-3H3;1H. The summed E-state index contributed by atoms with van der Waals surface area (Å²) < 4.78 is 12.9. The minimum atomic E-state index is 0. The molecule has 0 bridgehead atoms. The highest BCUT2D eigenvalue weighted by atomic mass is 79.9. The Balaban J connectivity index is 0.00000320. The highest BCUT2D eigenvalue weighted by molar-refractivity contribution is 9.10. The van der Waals surface area contributed by atoms with Crippen LogP contribution in [0.1, 0.15) is 34.7 Å². The Morgan fingerprint density at radius 1 is 0.767 bits per heavy atom. The van der Waals surface area contributed by atoms with Gasteiger partial charge in [-0.15, -0.1) is 12.4 Å². The topological polar surface area (TPSA) is 30.5 Å². The number of hydrogen-bond acceptors (Lipinski definition) is 3. The molecular formula is C25H29BrClNO2. The van der Waals surface area contributed by atoms with E-state index in [1.165, 1.54) is 16.7 Å². The van der Waals surface area contributed by atoms with Gasteiger partial charge in [-0.2, -0.15) is 0 Å². The zero-order valence-corrected chi connectivity index (χ0v) is 20.1. The normalized spacial score (nSPS) is 10.4. The van der Waals surface area contributed by atoms with Crippen molar-refractivity contribution in [3.05, 3.63) is 93.0 Å². The van der Waals surface area contributed by atoms with E-state index in [4.69, 9.17) is 9.47 Å². The number of aryl methyl sites for hydroxylation is 2. The second-order valence-electron chi connectivity index (χ2n) is 7.20. The van der Waals surface area contributed by atoms with E-state index in [2.05, 4.69) is 95.8 Å². The van der Waals surface area contributed by atoms with Gasteiger partial charge in [-0.25, -0.2) is 0 Å². The average molecular weight is 491 g/mol. The summed E-state index contributed by atoms with van der Waals surface area (Å²) in [5, 5.41) is 3.50. The average Bonchev–Trinajstić information content (AvgIpc) is 2.70. The van der Waals surface area contributed by atoms with Crippen molar-refractivity contribution in [3.8, 4) is 11.5 Å². The molecule has 3 rings (SSSR count). The van der Waals surface area contributed by atoms with E-state index in [1.807, 2.05) is 6.92 Å². The second kappa shape index (κ2) is 12.0. The molecule has 0 aliphatic carbocycles. The lowest BCUT2D eigenvalue weighted by Crippen LogP contribution is -2.13. The molecule has 0 aromatic heterocycles. The molecule has 5 heteroatoms. The summed E-state index contributed by atoms with van der Waals surface area (Å²) in [7, 11) is 0. The van der Waals surface area contributed by atoms with Gasteiger partial charge in [-0.1, -0.05) is 59.7 Å². The van der Waals surface area contributed by atoms with Gasteiger partial charge >= 0.3 is 0 Å². The van der Waals surface area contributed by atoms with Crippen LogP contribution in [0, 0.1) is 13.8 Å². The third-order valence-corrected chi connectivity index (χ3v) is 5.24. The fourth-order valence-corrected chi connectivity index (χ4v) is 3.63. The van der Waals surface area contributed by atoms with Crippen LogP contribution >= 0.6 is 28.3 Å². The first kappa shape index (κ1) is 24.3. The Morgan fingerprint density at radius 2 is 1.33 bits per heavy atom. The lowest BCUT2D eigenvalue weighted by molar-refractivity contribution is 0.267. The van der Waals surface area contributed by atoms with Crippen molar-refractivity contribution in [1.29, 1.82) is 0 Å². The summed E-state index contributed by atoms with van der Waals surface area (Å²) in [6, 6.07) is 21.1. The summed E-state index contributed by atoms with van der Waals surface area (Å²) in [6.45, 7) is 8.85. The Bertz CT molecular complexity index is 927. The molecule has 1 N–H and O–H groups in total. The van der Waals surface area contributed by atoms with E-state index in [0.29, 0.717) is 13.2 Å². The summed E-state index contributed by atoms with van der Waals surface area (Å²) in [6.07, 6.45) is 0. The van der Waals surface area contributed by atoms with Crippen LogP contribution in [0.25, 0.3) is 0 Å². The van der Waals surface area contributed by atoms with Crippen LogP contribution in [0.15, 0.2) is 65.1 Å². The fourth-order valence-electron chi connectivity index (χ4n) is 3.02. The lowest BCUT2D eigenvalue weighted by atomic mass is 10.1. The van der Waals surface area contributed by atoms with Crippen LogP contribution in [0.3, 0.4) is 0 Å². The van der Waals surface area contributed by atoms with E-state index < -0.39 is 0 Å². The van der Waals surface area contributed by atoms with Crippen LogP contribution in [-0.2, 0) is 19.7 Å². The van der Waals surface area contributed by atoms with E-state index in [1.54, 1.807) is 0 Å². The number of benzene rings is 3. The Kier molecular flexibility index (Phi) is 9.70. The zero-order chi connectivity index (χ0) is 20.6. The molecule has 30 heavy (non-hydrogen) atoms. The number of rotatable bonds is 9. The molecule has 0 heterocycles. The third-order valence-electron chi connectivity index (χ3n) is 4.65. The van der Waals surface area contributed by atoms with E-state index in [-0.39, 0.29) is 12.4 Å². The summed E-state index contributed by atoms with van der Waals surface area (Å²) in [5.74, 6) is 1.51. The molecule has 0 radical (unpaired) electrons. The molecule has 3 nitrogen and oxygen atoms in total. The lowest BCUT2D eigenvalue weighted by Gasteiger charge is -2.16. The van der Waals surface area contributed by atoms with Crippen molar-refractivity contribution >= 4 is 28.3 Å². The predicted octanol–water partition coefficient (Wildman–Crippen LogP) is 6.76. The second-order valence-corrected chi connectivity index (χ2v) is 8.06. The minimum absolute atomic E-state index is 0.